The van der Waals surface area contributed by atoms with Crippen LogP contribution < -0.4 is 0 Å². The van der Waals surface area contributed by atoms with Crippen LogP contribution in [0.3, 0.4) is 0 Å². The molecule has 3 aromatic rings. The number of allylic oxidation sites excluding steroid dienone is 1. The van der Waals surface area contributed by atoms with Crippen molar-refractivity contribution < 1.29 is 9.59 Å². The molecule has 1 aromatic heterocycles. The number of aromatic nitrogens is 2. The van der Waals surface area contributed by atoms with E-state index in [1.54, 1.807) is 10.8 Å². The zero-order valence-corrected chi connectivity index (χ0v) is 16.0. The van der Waals surface area contributed by atoms with Gasteiger partial charge < -0.3 is 0 Å². The van der Waals surface area contributed by atoms with E-state index >= 15 is 0 Å². The monoisotopic (exact) mass is 408 g/mol. The van der Waals surface area contributed by atoms with Crippen LogP contribution in [0, 0.1) is 0 Å². The molecule has 26 heavy (non-hydrogen) atoms. The zero-order chi connectivity index (χ0) is 18.7. The molecule has 130 valence electrons. The summed E-state index contributed by atoms with van der Waals surface area (Å²) >= 11 is 3.43. The quantitative estimate of drug-likeness (QED) is 0.344. The number of Topliss-reactive ketones (excluding diaryl/α,β-unsaturated/α-hetero) is 2. The Kier molecular flexibility index (Phi) is 5.28. The van der Waals surface area contributed by atoms with Crippen molar-refractivity contribution in [3.05, 3.63) is 76.4 Å². The molecule has 0 N–H and O–H groups in total. The van der Waals surface area contributed by atoms with Crippen molar-refractivity contribution in [3.63, 3.8) is 0 Å². The Balaban J connectivity index is 2.19. The maximum absolute atomic E-state index is 11.8. The highest BCUT2D eigenvalue weighted by molar-refractivity contribution is 9.10. The number of nitrogens with zero attached hydrogens (tertiary/aromatic N) is 2. The van der Waals surface area contributed by atoms with Crippen molar-refractivity contribution in [1.82, 2.24) is 9.78 Å². The zero-order valence-electron chi connectivity index (χ0n) is 14.4. The first-order valence-electron chi connectivity index (χ1n) is 8.10. The summed E-state index contributed by atoms with van der Waals surface area (Å²) in [5.41, 5.74) is 3.40. The topological polar surface area (TPSA) is 52.0 Å². The lowest BCUT2D eigenvalue weighted by atomic mass is 10.0. The molecule has 1 heterocycles. The molecule has 2 aromatic carbocycles. The average molecular weight is 409 g/mol. The van der Waals surface area contributed by atoms with E-state index in [1.165, 1.54) is 13.8 Å². The number of halogens is 1. The fourth-order valence-electron chi connectivity index (χ4n) is 2.64. The number of para-hydroxylation sites is 1. The van der Waals surface area contributed by atoms with E-state index in [1.807, 2.05) is 60.8 Å². The number of rotatable bonds is 5. The number of ketones is 2. The Morgan fingerprint density at radius 1 is 0.962 bits per heavy atom. The molecule has 0 saturated heterocycles. The number of carbonyl (C=O) groups excluding carboxylic acids is 2. The number of hydrogen-bond donors (Lipinski definition) is 0. The third-order valence-corrected chi connectivity index (χ3v) is 4.47. The lowest BCUT2D eigenvalue weighted by molar-refractivity contribution is -0.119. The van der Waals surface area contributed by atoms with Crippen LogP contribution in [0.1, 0.15) is 19.4 Å². The second kappa shape index (κ2) is 7.62. The van der Waals surface area contributed by atoms with E-state index in [9.17, 15) is 9.59 Å². The van der Waals surface area contributed by atoms with Crippen molar-refractivity contribution in [2.45, 2.75) is 13.8 Å². The third-order valence-electron chi connectivity index (χ3n) is 3.94. The summed E-state index contributed by atoms with van der Waals surface area (Å²) in [7, 11) is 0. The van der Waals surface area contributed by atoms with Gasteiger partial charge in [-0.1, -0.05) is 46.3 Å². The molecule has 0 atom stereocenters. The largest absolute Gasteiger partial charge is 0.294 e. The molecule has 0 aliphatic carbocycles. The van der Waals surface area contributed by atoms with Crippen molar-refractivity contribution in [1.29, 1.82) is 0 Å². The SMILES string of the molecule is CC(=O)C(=Cc1cn(-c2ccccc2)nc1-c1ccc(Br)cc1)C(C)=O. The molecular weight excluding hydrogens is 392 g/mol. The summed E-state index contributed by atoms with van der Waals surface area (Å²) in [5, 5.41) is 4.69. The predicted molar refractivity (Wildman–Crippen MR) is 106 cm³/mol. The first kappa shape index (κ1) is 18.0. The van der Waals surface area contributed by atoms with Crippen molar-refractivity contribution >= 4 is 33.6 Å². The van der Waals surface area contributed by atoms with Crippen LogP contribution in [0.5, 0.6) is 0 Å². The molecule has 0 fully saturated rings. The number of hydrogen-bond acceptors (Lipinski definition) is 3. The lowest BCUT2D eigenvalue weighted by Gasteiger charge is -2.01. The van der Waals surface area contributed by atoms with Crippen molar-refractivity contribution in [3.8, 4) is 16.9 Å². The fourth-order valence-corrected chi connectivity index (χ4v) is 2.91. The minimum atomic E-state index is -0.258. The molecule has 0 saturated carbocycles. The van der Waals surface area contributed by atoms with Gasteiger partial charge >= 0.3 is 0 Å². The van der Waals surface area contributed by atoms with Crippen LogP contribution >= 0.6 is 15.9 Å². The van der Waals surface area contributed by atoms with E-state index in [2.05, 4.69) is 21.0 Å². The minimum Gasteiger partial charge on any atom is -0.294 e. The van der Waals surface area contributed by atoms with Crippen LogP contribution in [-0.4, -0.2) is 21.3 Å². The second-order valence-electron chi connectivity index (χ2n) is 5.89. The maximum atomic E-state index is 11.8. The van der Waals surface area contributed by atoms with E-state index in [-0.39, 0.29) is 17.1 Å². The summed E-state index contributed by atoms with van der Waals surface area (Å²) < 4.78 is 2.72. The van der Waals surface area contributed by atoms with Crippen molar-refractivity contribution in [2.24, 2.45) is 0 Å². The van der Waals surface area contributed by atoms with Gasteiger partial charge in [-0.05, 0) is 44.2 Å². The van der Waals surface area contributed by atoms with Gasteiger partial charge in [-0.2, -0.15) is 5.10 Å². The minimum absolute atomic E-state index is 0.163. The summed E-state index contributed by atoms with van der Waals surface area (Å²) in [5.74, 6) is -0.515. The number of benzene rings is 2. The smallest absolute Gasteiger partial charge is 0.163 e. The summed E-state index contributed by atoms with van der Waals surface area (Å²) in [4.78, 5) is 23.7. The Bertz CT molecular complexity index is 971. The van der Waals surface area contributed by atoms with Gasteiger partial charge in [0.05, 0.1) is 17.0 Å². The molecule has 5 heteroatoms. The molecule has 0 bridgehead atoms. The summed E-state index contributed by atoms with van der Waals surface area (Å²) in [6.45, 7) is 2.79. The van der Waals surface area contributed by atoms with Gasteiger partial charge in [0.15, 0.2) is 11.6 Å². The average Bonchev–Trinajstić information content (AvgIpc) is 3.04. The van der Waals surface area contributed by atoms with E-state index < -0.39 is 0 Å². The van der Waals surface area contributed by atoms with Crippen molar-refractivity contribution in [2.75, 3.05) is 0 Å². The lowest BCUT2D eigenvalue weighted by Crippen LogP contribution is -2.05. The van der Waals surface area contributed by atoms with Gasteiger partial charge in [0, 0.05) is 21.8 Å². The molecular formula is C21H17BrN2O2. The molecule has 0 aliphatic heterocycles. The Hall–Kier alpha value is -2.79. The van der Waals surface area contributed by atoms with Crippen LogP contribution in [0.25, 0.3) is 23.0 Å². The Morgan fingerprint density at radius 2 is 1.58 bits per heavy atom. The number of carbonyl (C=O) groups is 2. The standard InChI is InChI=1S/C21H17BrN2O2/c1-14(25)20(15(2)26)12-17-13-24(19-6-4-3-5-7-19)23-21(17)16-8-10-18(22)11-9-16/h3-13H,1-2H3. The molecule has 0 unspecified atom stereocenters. The highest BCUT2D eigenvalue weighted by atomic mass is 79.9. The summed E-state index contributed by atoms with van der Waals surface area (Å²) in [6, 6.07) is 17.5. The predicted octanol–water partition coefficient (Wildman–Crippen LogP) is 4.86. The molecule has 4 nitrogen and oxygen atoms in total. The molecule has 0 spiro atoms. The normalized spacial score (nSPS) is 10.4. The van der Waals surface area contributed by atoms with Gasteiger partial charge in [-0.3, -0.25) is 9.59 Å². The van der Waals surface area contributed by atoms with Gasteiger partial charge in [0.25, 0.3) is 0 Å². The van der Waals surface area contributed by atoms with E-state index in [0.29, 0.717) is 5.69 Å². The van der Waals surface area contributed by atoms with E-state index in [4.69, 9.17) is 0 Å². The van der Waals surface area contributed by atoms with Gasteiger partial charge in [-0.25, -0.2) is 4.68 Å². The van der Waals surface area contributed by atoms with Gasteiger partial charge in [-0.15, -0.1) is 0 Å². The van der Waals surface area contributed by atoms with Gasteiger partial charge in [0.1, 0.15) is 0 Å². The highest BCUT2D eigenvalue weighted by Gasteiger charge is 2.15. The maximum Gasteiger partial charge on any atom is 0.163 e. The van der Waals surface area contributed by atoms with Crippen LogP contribution in [0.15, 0.2) is 70.8 Å². The molecule has 3 rings (SSSR count). The highest BCUT2D eigenvalue weighted by Crippen LogP contribution is 2.27. The molecule has 0 aliphatic rings. The third kappa shape index (κ3) is 3.89. The van der Waals surface area contributed by atoms with Crippen LogP contribution in [0.2, 0.25) is 0 Å². The Labute approximate surface area is 160 Å². The Morgan fingerprint density at radius 3 is 2.15 bits per heavy atom. The van der Waals surface area contributed by atoms with Gasteiger partial charge in [0.2, 0.25) is 0 Å². The first-order chi connectivity index (χ1) is 12.5. The summed E-state index contributed by atoms with van der Waals surface area (Å²) in [6.07, 6.45) is 3.45. The van der Waals surface area contributed by atoms with Crippen LogP contribution in [-0.2, 0) is 9.59 Å². The van der Waals surface area contributed by atoms with Crippen LogP contribution in [0.4, 0.5) is 0 Å². The molecule has 0 radical (unpaired) electrons. The van der Waals surface area contributed by atoms with E-state index in [0.717, 1.165) is 21.3 Å². The fraction of sp³-hybridized carbons (Fsp3) is 0.0952. The molecule has 0 amide bonds. The first-order valence-corrected chi connectivity index (χ1v) is 8.89. The second-order valence-corrected chi connectivity index (χ2v) is 6.81.